The number of anilines is 1. The van der Waals surface area contributed by atoms with Crippen LogP contribution in [0.3, 0.4) is 0 Å². The maximum Gasteiger partial charge on any atom is 0.257 e. The van der Waals surface area contributed by atoms with Gasteiger partial charge in [-0.1, -0.05) is 12.1 Å². The number of nitrogens with zero attached hydrogens (tertiary/aromatic N) is 2. The molecule has 2 saturated heterocycles. The molecule has 4 rings (SSSR count). The highest BCUT2D eigenvalue weighted by Gasteiger charge is 2.24. The Hall–Kier alpha value is -2.66. The van der Waals surface area contributed by atoms with Gasteiger partial charge in [-0.15, -0.1) is 0 Å². The first-order valence-corrected chi connectivity index (χ1v) is 12.4. The standard InChI is InChI=1S/C23H29N3O6S/c1-30-22-7-6-20(16-21(22)23(27)26-10-14-32-15-11-26)33(28,29)24-17-18-2-4-19(5-3-18)25-8-12-31-13-9-25/h2-7,16,24H,8-15,17H2,1H3. The number of amides is 1. The quantitative estimate of drug-likeness (QED) is 0.648. The number of carbonyl (C=O) groups excluding carboxylic acids is 1. The molecule has 0 radical (unpaired) electrons. The van der Waals surface area contributed by atoms with Crippen LogP contribution in [0.1, 0.15) is 15.9 Å². The average Bonchev–Trinajstić information content (AvgIpc) is 2.88. The Labute approximate surface area is 194 Å². The summed E-state index contributed by atoms with van der Waals surface area (Å²) in [5.74, 6) is 0.0649. The minimum Gasteiger partial charge on any atom is -0.496 e. The maximum absolute atomic E-state index is 13.0. The average molecular weight is 476 g/mol. The number of rotatable bonds is 7. The molecule has 0 spiro atoms. The topological polar surface area (TPSA) is 97.4 Å². The highest BCUT2D eigenvalue weighted by molar-refractivity contribution is 7.89. The van der Waals surface area contributed by atoms with Crippen LogP contribution in [0, 0.1) is 0 Å². The number of benzene rings is 2. The van der Waals surface area contributed by atoms with Crippen molar-refractivity contribution in [2.45, 2.75) is 11.4 Å². The van der Waals surface area contributed by atoms with Crippen LogP contribution >= 0.6 is 0 Å². The SMILES string of the molecule is COc1ccc(S(=O)(=O)NCc2ccc(N3CCOCC3)cc2)cc1C(=O)N1CCOCC1. The molecule has 10 heteroatoms. The largest absolute Gasteiger partial charge is 0.496 e. The van der Waals surface area contributed by atoms with Crippen LogP contribution in [-0.2, 0) is 26.0 Å². The lowest BCUT2D eigenvalue weighted by Crippen LogP contribution is -2.40. The van der Waals surface area contributed by atoms with Gasteiger partial charge in [0, 0.05) is 38.4 Å². The van der Waals surface area contributed by atoms with Crippen LogP contribution < -0.4 is 14.4 Å². The highest BCUT2D eigenvalue weighted by atomic mass is 32.2. The molecular weight excluding hydrogens is 446 g/mol. The zero-order valence-corrected chi connectivity index (χ0v) is 19.5. The lowest BCUT2D eigenvalue weighted by Gasteiger charge is -2.28. The fourth-order valence-electron chi connectivity index (χ4n) is 3.87. The molecule has 0 aliphatic carbocycles. The molecule has 0 bridgehead atoms. The van der Waals surface area contributed by atoms with Crippen LogP contribution in [-0.4, -0.2) is 78.9 Å². The summed E-state index contributed by atoms with van der Waals surface area (Å²) < 4.78 is 44.5. The van der Waals surface area contributed by atoms with E-state index in [2.05, 4.69) is 9.62 Å². The first-order chi connectivity index (χ1) is 16.0. The Balaban J connectivity index is 1.46. The number of nitrogens with one attached hydrogen (secondary N) is 1. The normalized spacial score (nSPS) is 17.1. The molecule has 0 saturated carbocycles. The van der Waals surface area contributed by atoms with E-state index in [-0.39, 0.29) is 22.9 Å². The van der Waals surface area contributed by atoms with E-state index in [0.717, 1.165) is 24.3 Å². The molecule has 2 aromatic carbocycles. The van der Waals surface area contributed by atoms with Gasteiger partial charge in [0.05, 0.1) is 44.0 Å². The highest BCUT2D eigenvalue weighted by Crippen LogP contribution is 2.25. The summed E-state index contributed by atoms with van der Waals surface area (Å²) in [5.41, 5.74) is 2.15. The van der Waals surface area contributed by atoms with Crippen LogP contribution in [0.5, 0.6) is 5.75 Å². The number of carbonyl (C=O) groups is 1. The van der Waals surface area contributed by atoms with Crippen molar-refractivity contribution in [1.82, 2.24) is 9.62 Å². The van der Waals surface area contributed by atoms with Crippen molar-refractivity contribution in [3.05, 3.63) is 53.6 Å². The summed E-state index contributed by atoms with van der Waals surface area (Å²) in [6.45, 7) is 5.07. The van der Waals surface area contributed by atoms with E-state index in [0.29, 0.717) is 45.3 Å². The second-order valence-electron chi connectivity index (χ2n) is 7.86. The minimum atomic E-state index is -3.83. The second-order valence-corrected chi connectivity index (χ2v) is 9.62. The predicted octanol–water partition coefficient (Wildman–Crippen LogP) is 1.48. The van der Waals surface area contributed by atoms with Gasteiger partial charge in [0.1, 0.15) is 5.75 Å². The fourth-order valence-corrected chi connectivity index (χ4v) is 4.91. The summed E-state index contributed by atoms with van der Waals surface area (Å²) in [6, 6.07) is 12.1. The van der Waals surface area contributed by atoms with Crippen LogP contribution in [0.15, 0.2) is 47.4 Å². The Bertz CT molecular complexity index is 1060. The number of ether oxygens (including phenoxy) is 3. The van der Waals surface area contributed by atoms with E-state index < -0.39 is 10.0 Å². The summed E-state index contributed by atoms with van der Waals surface area (Å²) in [4.78, 5) is 16.9. The van der Waals surface area contributed by atoms with Gasteiger partial charge in [-0.05, 0) is 35.9 Å². The van der Waals surface area contributed by atoms with Gasteiger partial charge in [0.2, 0.25) is 10.0 Å². The fraction of sp³-hybridized carbons (Fsp3) is 0.435. The van der Waals surface area contributed by atoms with Gasteiger partial charge in [-0.3, -0.25) is 4.79 Å². The molecule has 2 aliphatic heterocycles. The van der Waals surface area contributed by atoms with Crippen molar-refractivity contribution >= 4 is 21.6 Å². The molecular formula is C23H29N3O6S. The van der Waals surface area contributed by atoms with Crippen molar-refractivity contribution in [1.29, 1.82) is 0 Å². The van der Waals surface area contributed by atoms with Crippen LogP contribution in [0.25, 0.3) is 0 Å². The minimum absolute atomic E-state index is 0.0184. The summed E-state index contributed by atoms with van der Waals surface area (Å²) >= 11 is 0. The van der Waals surface area contributed by atoms with Crippen molar-refractivity contribution in [2.24, 2.45) is 0 Å². The third-order valence-corrected chi connectivity index (χ3v) is 7.19. The van der Waals surface area contributed by atoms with Crippen molar-refractivity contribution in [3.63, 3.8) is 0 Å². The molecule has 178 valence electrons. The Morgan fingerprint density at radius 1 is 0.970 bits per heavy atom. The first kappa shape index (κ1) is 23.5. The molecule has 33 heavy (non-hydrogen) atoms. The summed E-state index contributed by atoms with van der Waals surface area (Å²) in [7, 11) is -2.37. The van der Waals surface area contributed by atoms with Gasteiger partial charge >= 0.3 is 0 Å². The van der Waals surface area contributed by atoms with E-state index >= 15 is 0 Å². The third kappa shape index (κ3) is 5.64. The monoisotopic (exact) mass is 475 g/mol. The van der Waals surface area contributed by atoms with Crippen LogP contribution in [0.2, 0.25) is 0 Å². The van der Waals surface area contributed by atoms with E-state index in [9.17, 15) is 13.2 Å². The summed E-state index contributed by atoms with van der Waals surface area (Å²) in [6.07, 6.45) is 0. The van der Waals surface area contributed by atoms with Gasteiger partial charge in [-0.2, -0.15) is 0 Å². The van der Waals surface area contributed by atoms with Crippen molar-refractivity contribution in [2.75, 3.05) is 64.6 Å². The number of morpholine rings is 2. The molecule has 0 aromatic heterocycles. The molecule has 0 unspecified atom stereocenters. The molecule has 2 heterocycles. The smallest absolute Gasteiger partial charge is 0.257 e. The van der Waals surface area contributed by atoms with E-state index in [1.54, 1.807) is 4.90 Å². The van der Waals surface area contributed by atoms with Gasteiger partial charge < -0.3 is 24.0 Å². The van der Waals surface area contributed by atoms with Gasteiger partial charge in [-0.25, -0.2) is 13.1 Å². The maximum atomic E-state index is 13.0. The number of sulfonamides is 1. The van der Waals surface area contributed by atoms with E-state index in [1.165, 1.54) is 25.3 Å². The zero-order valence-electron chi connectivity index (χ0n) is 18.7. The zero-order chi connectivity index (χ0) is 23.3. The second kappa shape index (κ2) is 10.5. The van der Waals surface area contributed by atoms with Gasteiger partial charge in [0.25, 0.3) is 5.91 Å². The van der Waals surface area contributed by atoms with E-state index in [1.807, 2.05) is 24.3 Å². The molecule has 2 fully saturated rings. The van der Waals surface area contributed by atoms with Crippen molar-refractivity contribution < 1.29 is 27.4 Å². The Kier molecular flexibility index (Phi) is 7.49. The third-order valence-electron chi connectivity index (χ3n) is 5.79. The van der Waals surface area contributed by atoms with Gasteiger partial charge in [0.15, 0.2) is 0 Å². The lowest BCUT2D eigenvalue weighted by molar-refractivity contribution is 0.0300. The number of methoxy groups -OCH3 is 1. The number of hydrogen-bond donors (Lipinski definition) is 1. The molecule has 0 atom stereocenters. The molecule has 9 nitrogen and oxygen atoms in total. The Morgan fingerprint density at radius 2 is 1.61 bits per heavy atom. The van der Waals surface area contributed by atoms with E-state index in [4.69, 9.17) is 14.2 Å². The Morgan fingerprint density at radius 3 is 2.24 bits per heavy atom. The molecule has 2 aliphatic rings. The van der Waals surface area contributed by atoms with Crippen molar-refractivity contribution in [3.8, 4) is 5.75 Å². The molecule has 2 aromatic rings. The summed E-state index contributed by atoms with van der Waals surface area (Å²) in [5, 5.41) is 0. The van der Waals surface area contributed by atoms with Crippen LogP contribution in [0.4, 0.5) is 5.69 Å². The number of hydrogen-bond acceptors (Lipinski definition) is 7. The molecule has 1 amide bonds. The molecule has 1 N–H and O–H groups in total. The predicted molar refractivity (Wildman–Crippen MR) is 123 cm³/mol. The lowest BCUT2D eigenvalue weighted by atomic mass is 10.1. The first-order valence-electron chi connectivity index (χ1n) is 10.9.